The number of benzene rings is 1. The van der Waals surface area contributed by atoms with Crippen LogP contribution in [-0.2, 0) is 22.0 Å². The summed E-state index contributed by atoms with van der Waals surface area (Å²) < 4.78 is 11.0. The van der Waals surface area contributed by atoms with Crippen LogP contribution in [0.3, 0.4) is 0 Å². The van der Waals surface area contributed by atoms with Crippen molar-refractivity contribution in [2.24, 2.45) is 0 Å². The summed E-state index contributed by atoms with van der Waals surface area (Å²) in [5.41, 5.74) is 3.18. The molecule has 0 saturated carbocycles. The predicted octanol–water partition coefficient (Wildman–Crippen LogP) is 4.49. The van der Waals surface area contributed by atoms with E-state index in [1.54, 1.807) is 11.3 Å². The van der Waals surface area contributed by atoms with Gasteiger partial charge in [0.25, 0.3) is 0 Å². The zero-order chi connectivity index (χ0) is 14.9. The van der Waals surface area contributed by atoms with Gasteiger partial charge in [0.15, 0.2) is 0 Å². The maximum Gasteiger partial charge on any atom is 0.123 e. The molecule has 0 unspecified atom stereocenters. The van der Waals surface area contributed by atoms with Gasteiger partial charge in [-0.1, -0.05) is 25.1 Å². The maximum absolute atomic E-state index is 5.79. The van der Waals surface area contributed by atoms with Crippen LogP contribution in [0.5, 0.6) is 0 Å². The standard InChI is InChI=1S/C16H20ClNO2S/c1-2-6-19-7-8-20-11-13-4-3-5-14(9-13)16-18-15(10-17)12-21-16/h3-5,9,12H,2,6-8,10-11H2,1H3. The minimum atomic E-state index is 0.455. The van der Waals surface area contributed by atoms with Gasteiger partial charge < -0.3 is 9.47 Å². The lowest BCUT2D eigenvalue weighted by Crippen LogP contribution is -2.04. The molecule has 0 spiro atoms. The molecule has 3 nitrogen and oxygen atoms in total. The summed E-state index contributed by atoms with van der Waals surface area (Å²) in [6.45, 7) is 4.76. The van der Waals surface area contributed by atoms with Crippen molar-refractivity contribution in [3.05, 3.63) is 40.9 Å². The number of nitrogens with zero attached hydrogens (tertiary/aromatic N) is 1. The number of ether oxygens (including phenoxy) is 2. The molecule has 1 aromatic heterocycles. The van der Waals surface area contributed by atoms with Gasteiger partial charge in [0.05, 0.1) is 31.4 Å². The average molecular weight is 326 g/mol. The Labute approximate surface area is 134 Å². The van der Waals surface area contributed by atoms with Crippen molar-refractivity contribution in [1.82, 2.24) is 4.98 Å². The molecule has 0 saturated heterocycles. The number of halogens is 1. The second kappa shape index (κ2) is 9.15. The normalized spacial score (nSPS) is 11.0. The number of aromatic nitrogens is 1. The Hall–Kier alpha value is -0.940. The summed E-state index contributed by atoms with van der Waals surface area (Å²) in [6, 6.07) is 8.27. The smallest absolute Gasteiger partial charge is 0.123 e. The highest BCUT2D eigenvalue weighted by Gasteiger charge is 2.05. The fourth-order valence-electron chi connectivity index (χ4n) is 1.85. The summed E-state index contributed by atoms with van der Waals surface area (Å²) in [7, 11) is 0. The van der Waals surface area contributed by atoms with E-state index in [-0.39, 0.29) is 0 Å². The van der Waals surface area contributed by atoms with Gasteiger partial charge in [0.2, 0.25) is 0 Å². The summed E-state index contributed by atoms with van der Waals surface area (Å²) in [5, 5.41) is 3.00. The van der Waals surface area contributed by atoms with Crippen LogP contribution in [0, 0.1) is 0 Å². The second-order valence-corrected chi connectivity index (χ2v) is 5.77. The van der Waals surface area contributed by atoms with Crippen molar-refractivity contribution in [1.29, 1.82) is 0 Å². The van der Waals surface area contributed by atoms with Gasteiger partial charge in [0, 0.05) is 17.6 Å². The number of alkyl halides is 1. The average Bonchev–Trinajstić information content (AvgIpc) is 3.00. The highest BCUT2D eigenvalue weighted by molar-refractivity contribution is 7.13. The minimum Gasteiger partial charge on any atom is -0.379 e. The SMILES string of the molecule is CCCOCCOCc1cccc(-c2nc(CCl)cs2)c1. The van der Waals surface area contributed by atoms with E-state index in [9.17, 15) is 0 Å². The van der Waals surface area contributed by atoms with Crippen molar-refractivity contribution >= 4 is 22.9 Å². The van der Waals surface area contributed by atoms with Crippen molar-refractivity contribution in [3.8, 4) is 10.6 Å². The quantitative estimate of drug-likeness (QED) is 0.502. The van der Waals surface area contributed by atoms with E-state index in [2.05, 4.69) is 30.1 Å². The molecule has 21 heavy (non-hydrogen) atoms. The number of rotatable bonds is 9. The van der Waals surface area contributed by atoms with Crippen molar-refractivity contribution < 1.29 is 9.47 Å². The summed E-state index contributed by atoms with van der Waals surface area (Å²) >= 11 is 7.41. The Kier molecular flexibility index (Phi) is 7.16. The minimum absolute atomic E-state index is 0.455. The van der Waals surface area contributed by atoms with Crippen LogP contribution in [0.2, 0.25) is 0 Å². The van der Waals surface area contributed by atoms with E-state index in [0.29, 0.717) is 25.7 Å². The summed E-state index contributed by atoms with van der Waals surface area (Å²) in [6.07, 6.45) is 1.04. The maximum atomic E-state index is 5.79. The molecule has 1 aromatic carbocycles. The van der Waals surface area contributed by atoms with Gasteiger partial charge in [0.1, 0.15) is 5.01 Å². The van der Waals surface area contributed by atoms with Crippen LogP contribution in [0.1, 0.15) is 24.6 Å². The van der Waals surface area contributed by atoms with Gasteiger partial charge in [-0.05, 0) is 18.1 Å². The molecule has 2 aromatic rings. The molecule has 2 rings (SSSR count). The van der Waals surface area contributed by atoms with Gasteiger partial charge in [-0.2, -0.15) is 0 Å². The van der Waals surface area contributed by atoms with Crippen LogP contribution in [0.15, 0.2) is 29.6 Å². The number of hydrogen-bond donors (Lipinski definition) is 0. The van der Waals surface area contributed by atoms with Crippen LogP contribution in [0.4, 0.5) is 0 Å². The van der Waals surface area contributed by atoms with Crippen molar-refractivity contribution in [3.63, 3.8) is 0 Å². The zero-order valence-electron chi connectivity index (χ0n) is 12.2. The van der Waals surface area contributed by atoms with Gasteiger partial charge >= 0.3 is 0 Å². The highest BCUT2D eigenvalue weighted by Crippen LogP contribution is 2.25. The molecular weight excluding hydrogens is 306 g/mol. The molecular formula is C16H20ClNO2S. The largest absolute Gasteiger partial charge is 0.379 e. The molecule has 0 bridgehead atoms. The Bertz CT molecular complexity index is 545. The van der Waals surface area contributed by atoms with Gasteiger partial charge in [-0.3, -0.25) is 0 Å². The fraction of sp³-hybridized carbons (Fsp3) is 0.438. The first kappa shape index (κ1) is 16.4. The first-order chi connectivity index (χ1) is 10.3. The molecule has 114 valence electrons. The molecule has 0 N–H and O–H groups in total. The molecule has 5 heteroatoms. The third-order valence-corrected chi connectivity index (χ3v) is 4.07. The van der Waals surface area contributed by atoms with E-state index in [1.807, 2.05) is 11.4 Å². The topological polar surface area (TPSA) is 31.4 Å². The summed E-state index contributed by atoms with van der Waals surface area (Å²) in [4.78, 5) is 4.50. The van der Waals surface area contributed by atoms with Crippen LogP contribution < -0.4 is 0 Å². The number of hydrogen-bond acceptors (Lipinski definition) is 4. The summed E-state index contributed by atoms with van der Waals surface area (Å²) in [5.74, 6) is 0.455. The Balaban J connectivity index is 1.86. The first-order valence-corrected chi connectivity index (χ1v) is 8.50. The third-order valence-electron chi connectivity index (χ3n) is 2.85. The third kappa shape index (κ3) is 5.40. The lowest BCUT2D eigenvalue weighted by molar-refractivity contribution is 0.0408. The first-order valence-electron chi connectivity index (χ1n) is 7.08. The van der Waals surface area contributed by atoms with Gasteiger partial charge in [-0.15, -0.1) is 22.9 Å². The van der Waals surface area contributed by atoms with E-state index >= 15 is 0 Å². The molecule has 0 radical (unpaired) electrons. The Morgan fingerprint density at radius 2 is 2.05 bits per heavy atom. The van der Waals surface area contributed by atoms with Crippen LogP contribution in [0.25, 0.3) is 10.6 Å². The molecule has 0 aliphatic rings. The molecule has 0 atom stereocenters. The fourth-order valence-corrected chi connectivity index (χ4v) is 2.89. The molecule has 0 aliphatic heterocycles. The van der Waals surface area contributed by atoms with Crippen molar-refractivity contribution in [2.75, 3.05) is 19.8 Å². The van der Waals surface area contributed by atoms with E-state index in [4.69, 9.17) is 21.1 Å². The van der Waals surface area contributed by atoms with Crippen LogP contribution >= 0.6 is 22.9 Å². The Morgan fingerprint density at radius 1 is 1.19 bits per heavy atom. The second-order valence-electron chi connectivity index (χ2n) is 4.64. The number of thiazole rings is 1. The van der Waals surface area contributed by atoms with E-state index < -0.39 is 0 Å². The predicted molar refractivity (Wildman–Crippen MR) is 87.9 cm³/mol. The van der Waals surface area contributed by atoms with Crippen LogP contribution in [-0.4, -0.2) is 24.8 Å². The molecule has 1 heterocycles. The zero-order valence-corrected chi connectivity index (χ0v) is 13.8. The molecule has 0 fully saturated rings. The van der Waals surface area contributed by atoms with Crippen molar-refractivity contribution in [2.45, 2.75) is 25.8 Å². The molecule has 0 amide bonds. The van der Waals surface area contributed by atoms with E-state index in [0.717, 1.165) is 34.9 Å². The monoisotopic (exact) mass is 325 g/mol. The van der Waals surface area contributed by atoms with E-state index in [1.165, 1.54) is 0 Å². The lowest BCUT2D eigenvalue weighted by Gasteiger charge is -2.06. The Morgan fingerprint density at radius 3 is 2.81 bits per heavy atom. The lowest BCUT2D eigenvalue weighted by atomic mass is 10.1. The molecule has 0 aliphatic carbocycles. The highest BCUT2D eigenvalue weighted by atomic mass is 35.5. The van der Waals surface area contributed by atoms with Gasteiger partial charge in [-0.25, -0.2) is 4.98 Å².